The van der Waals surface area contributed by atoms with Gasteiger partial charge in [-0.15, -0.1) is 0 Å². The van der Waals surface area contributed by atoms with Gasteiger partial charge in [0.1, 0.15) is 5.60 Å². The molecular weight excluding hydrogens is 454 g/mol. The standard InChI is InChI=1S/C28H35N5O3/c1-3-33-27-23(16-29-33)26(31-22-9-11-34-12-10-22)25(19(2)30-27)24-15-28(36-32-24)13-21(14-28)18-35-17-20-7-5-4-6-8-20/h4-8,16,21-22H,3,9-15,17-18H2,1-2H3,(H,30,31). The topological polar surface area (TPSA) is 82.8 Å². The molecule has 6 rings (SSSR count). The van der Waals surface area contributed by atoms with E-state index in [0.29, 0.717) is 18.6 Å². The molecule has 8 heteroatoms. The Morgan fingerprint density at radius 3 is 2.75 bits per heavy atom. The van der Waals surface area contributed by atoms with Gasteiger partial charge >= 0.3 is 0 Å². The van der Waals surface area contributed by atoms with Crippen LogP contribution < -0.4 is 5.32 Å². The molecule has 0 atom stereocenters. The number of pyridine rings is 1. The predicted molar refractivity (Wildman–Crippen MR) is 139 cm³/mol. The average Bonchev–Trinajstić information content (AvgIpc) is 3.50. The zero-order valence-electron chi connectivity index (χ0n) is 21.2. The lowest BCUT2D eigenvalue weighted by molar-refractivity contribution is -0.125. The second-order valence-electron chi connectivity index (χ2n) is 10.4. The zero-order chi connectivity index (χ0) is 24.5. The molecular formula is C28H35N5O3. The van der Waals surface area contributed by atoms with Crippen molar-refractivity contribution in [2.45, 2.75) is 70.7 Å². The summed E-state index contributed by atoms with van der Waals surface area (Å²) in [7, 11) is 0. The molecule has 2 fully saturated rings. The van der Waals surface area contributed by atoms with Crippen molar-refractivity contribution < 1.29 is 14.3 Å². The number of nitrogens with one attached hydrogen (secondary N) is 1. The maximum atomic E-state index is 6.11. The van der Waals surface area contributed by atoms with E-state index in [4.69, 9.17) is 19.3 Å². The molecule has 1 aromatic carbocycles. The maximum absolute atomic E-state index is 6.11. The smallest absolute Gasteiger partial charge is 0.160 e. The highest BCUT2D eigenvalue weighted by Gasteiger charge is 2.51. The fourth-order valence-corrected chi connectivity index (χ4v) is 5.89. The minimum absolute atomic E-state index is 0.207. The second-order valence-corrected chi connectivity index (χ2v) is 10.4. The van der Waals surface area contributed by atoms with Crippen molar-refractivity contribution in [2.24, 2.45) is 11.1 Å². The minimum Gasteiger partial charge on any atom is -0.389 e. The first kappa shape index (κ1) is 23.4. The van der Waals surface area contributed by atoms with E-state index in [0.717, 1.165) is 92.2 Å². The third kappa shape index (κ3) is 4.48. The molecule has 0 radical (unpaired) electrons. The number of oxime groups is 1. The van der Waals surface area contributed by atoms with Gasteiger partial charge in [0.25, 0.3) is 0 Å². The zero-order valence-corrected chi connectivity index (χ0v) is 21.2. The predicted octanol–water partition coefficient (Wildman–Crippen LogP) is 4.84. The van der Waals surface area contributed by atoms with Crippen LogP contribution in [0.25, 0.3) is 11.0 Å². The molecule has 0 bridgehead atoms. The van der Waals surface area contributed by atoms with E-state index >= 15 is 0 Å². The van der Waals surface area contributed by atoms with Crippen LogP contribution in [0.15, 0.2) is 41.7 Å². The Balaban J connectivity index is 1.17. The summed E-state index contributed by atoms with van der Waals surface area (Å²) in [5.41, 5.74) is 6.04. The molecule has 2 aliphatic heterocycles. The molecule has 3 aromatic rings. The number of benzene rings is 1. The van der Waals surface area contributed by atoms with Gasteiger partial charge in [-0.1, -0.05) is 35.5 Å². The van der Waals surface area contributed by atoms with Crippen molar-refractivity contribution in [3.05, 3.63) is 53.3 Å². The summed E-state index contributed by atoms with van der Waals surface area (Å²) in [4.78, 5) is 11.1. The molecule has 190 valence electrons. The molecule has 3 aliphatic rings. The van der Waals surface area contributed by atoms with E-state index in [-0.39, 0.29) is 5.60 Å². The number of fused-ring (bicyclic) bond motifs is 1. The first-order valence-electron chi connectivity index (χ1n) is 13.2. The summed E-state index contributed by atoms with van der Waals surface area (Å²) >= 11 is 0. The van der Waals surface area contributed by atoms with Crippen LogP contribution in [-0.2, 0) is 27.5 Å². The molecule has 2 aromatic heterocycles. The quantitative estimate of drug-likeness (QED) is 0.488. The number of rotatable bonds is 8. The van der Waals surface area contributed by atoms with E-state index in [1.165, 1.54) is 5.56 Å². The lowest BCUT2D eigenvalue weighted by atomic mass is 9.68. The number of anilines is 1. The van der Waals surface area contributed by atoms with E-state index in [1.807, 2.05) is 16.9 Å². The van der Waals surface area contributed by atoms with Gasteiger partial charge in [0.05, 0.1) is 41.9 Å². The normalized spacial score (nSPS) is 24.1. The van der Waals surface area contributed by atoms with Crippen molar-refractivity contribution in [2.75, 3.05) is 25.1 Å². The maximum Gasteiger partial charge on any atom is 0.160 e. The van der Waals surface area contributed by atoms with Gasteiger partial charge in [-0.05, 0) is 51.0 Å². The van der Waals surface area contributed by atoms with E-state index in [2.05, 4.69) is 53.7 Å². The van der Waals surface area contributed by atoms with E-state index in [1.54, 1.807) is 0 Å². The van der Waals surface area contributed by atoms with Crippen molar-refractivity contribution in [3.8, 4) is 0 Å². The molecule has 1 saturated heterocycles. The Morgan fingerprint density at radius 2 is 1.97 bits per heavy atom. The number of ether oxygens (including phenoxy) is 2. The fraction of sp³-hybridized carbons (Fsp3) is 0.536. The number of aryl methyl sites for hydroxylation is 2. The number of nitrogens with zero attached hydrogens (tertiary/aromatic N) is 4. The fourth-order valence-electron chi connectivity index (χ4n) is 5.89. The molecule has 0 amide bonds. The van der Waals surface area contributed by atoms with Crippen molar-refractivity contribution >= 4 is 22.4 Å². The third-order valence-electron chi connectivity index (χ3n) is 7.75. The number of hydrogen-bond acceptors (Lipinski definition) is 7. The van der Waals surface area contributed by atoms with Crippen LogP contribution in [0.2, 0.25) is 0 Å². The SMILES string of the molecule is CCn1ncc2c(NC3CCOCC3)c(C3=NOC4(C3)CC(COCc3ccccc3)C4)c(C)nc21. The lowest BCUT2D eigenvalue weighted by Crippen LogP contribution is -2.45. The van der Waals surface area contributed by atoms with Crippen LogP contribution in [0, 0.1) is 12.8 Å². The summed E-state index contributed by atoms with van der Waals surface area (Å²) in [6, 6.07) is 10.7. The largest absolute Gasteiger partial charge is 0.389 e. The van der Waals surface area contributed by atoms with Gasteiger partial charge in [0, 0.05) is 37.8 Å². The highest BCUT2D eigenvalue weighted by atomic mass is 16.7. The van der Waals surface area contributed by atoms with E-state index < -0.39 is 0 Å². The summed E-state index contributed by atoms with van der Waals surface area (Å²) in [5.74, 6) is 0.507. The van der Waals surface area contributed by atoms with E-state index in [9.17, 15) is 0 Å². The van der Waals surface area contributed by atoms with Crippen LogP contribution >= 0.6 is 0 Å². The Bertz CT molecular complexity index is 1240. The molecule has 36 heavy (non-hydrogen) atoms. The number of hydrogen-bond donors (Lipinski definition) is 1. The van der Waals surface area contributed by atoms with Crippen LogP contribution in [0.4, 0.5) is 5.69 Å². The average molecular weight is 490 g/mol. The Morgan fingerprint density at radius 1 is 1.17 bits per heavy atom. The third-order valence-corrected chi connectivity index (χ3v) is 7.75. The first-order chi connectivity index (χ1) is 17.6. The molecule has 1 N–H and O–H groups in total. The molecule has 0 unspecified atom stereocenters. The van der Waals surface area contributed by atoms with Gasteiger partial charge < -0.3 is 19.6 Å². The van der Waals surface area contributed by atoms with Gasteiger partial charge in [-0.2, -0.15) is 5.10 Å². The summed E-state index contributed by atoms with van der Waals surface area (Å²) < 4.78 is 13.5. The Kier molecular flexibility index (Phi) is 6.39. The minimum atomic E-state index is -0.207. The Hall–Kier alpha value is -2.97. The lowest BCUT2D eigenvalue weighted by Gasteiger charge is -2.42. The molecule has 4 heterocycles. The first-order valence-corrected chi connectivity index (χ1v) is 13.2. The molecule has 8 nitrogen and oxygen atoms in total. The summed E-state index contributed by atoms with van der Waals surface area (Å²) in [6.45, 7) is 7.94. The summed E-state index contributed by atoms with van der Waals surface area (Å²) in [5, 5.41) is 14.1. The highest BCUT2D eigenvalue weighted by molar-refractivity contribution is 6.12. The van der Waals surface area contributed by atoms with Crippen molar-refractivity contribution in [3.63, 3.8) is 0 Å². The monoisotopic (exact) mass is 489 g/mol. The summed E-state index contributed by atoms with van der Waals surface area (Å²) in [6.07, 6.45) is 6.66. The van der Waals surface area contributed by atoms with Crippen LogP contribution in [0.5, 0.6) is 0 Å². The van der Waals surface area contributed by atoms with Crippen LogP contribution in [-0.4, -0.2) is 51.9 Å². The van der Waals surface area contributed by atoms with Gasteiger partial charge in [0.2, 0.25) is 0 Å². The van der Waals surface area contributed by atoms with Gasteiger partial charge in [-0.25, -0.2) is 9.67 Å². The van der Waals surface area contributed by atoms with Crippen LogP contribution in [0.1, 0.15) is 55.8 Å². The number of aromatic nitrogens is 3. The molecule has 1 aliphatic carbocycles. The van der Waals surface area contributed by atoms with Crippen molar-refractivity contribution in [1.82, 2.24) is 14.8 Å². The highest BCUT2D eigenvalue weighted by Crippen LogP contribution is 2.48. The molecule has 1 saturated carbocycles. The second kappa shape index (κ2) is 9.82. The van der Waals surface area contributed by atoms with Gasteiger partial charge in [-0.3, -0.25) is 0 Å². The molecule has 1 spiro atoms. The van der Waals surface area contributed by atoms with Crippen LogP contribution in [0.3, 0.4) is 0 Å². The van der Waals surface area contributed by atoms with Gasteiger partial charge in [0.15, 0.2) is 5.65 Å². The Labute approximate surface area is 212 Å². The van der Waals surface area contributed by atoms with Crippen molar-refractivity contribution in [1.29, 1.82) is 0 Å².